The van der Waals surface area contributed by atoms with Crippen LogP contribution in [0.1, 0.15) is 24.0 Å². The third-order valence-electron chi connectivity index (χ3n) is 5.98. The van der Waals surface area contributed by atoms with Crippen LogP contribution in [0.25, 0.3) is 0 Å². The molecular formula is C20H23N3O2. The van der Waals surface area contributed by atoms with E-state index in [9.17, 15) is 10.1 Å². The van der Waals surface area contributed by atoms with E-state index in [1.54, 1.807) is 12.1 Å². The Morgan fingerprint density at radius 3 is 2.44 bits per heavy atom. The highest BCUT2D eigenvalue weighted by atomic mass is 16.6. The number of nitrogens with zero attached hydrogens (tertiary/aromatic N) is 3. The van der Waals surface area contributed by atoms with Gasteiger partial charge in [-0.05, 0) is 43.5 Å². The number of nitro groups is 1. The van der Waals surface area contributed by atoms with Crippen LogP contribution in [0.4, 0.5) is 11.4 Å². The maximum absolute atomic E-state index is 11.3. The van der Waals surface area contributed by atoms with Gasteiger partial charge in [-0.1, -0.05) is 36.4 Å². The van der Waals surface area contributed by atoms with Gasteiger partial charge >= 0.3 is 0 Å². The summed E-state index contributed by atoms with van der Waals surface area (Å²) in [7, 11) is 2.22. The second kappa shape index (κ2) is 6.15. The van der Waals surface area contributed by atoms with Crippen molar-refractivity contribution >= 4 is 11.4 Å². The number of rotatable bonds is 2. The average molecular weight is 337 g/mol. The summed E-state index contributed by atoms with van der Waals surface area (Å²) in [5.74, 6) is 0. The van der Waals surface area contributed by atoms with Gasteiger partial charge in [-0.15, -0.1) is 0 Å². The molecule has 25 heavy (non-hydrogen) atoms. The first kappa shape index (κ1) is 16.1. The summed E-state index contributed by atoms with van der Waals surface area (Å²) >= 11 is 0. The minimum Gasteiger partial charge on any atom is -0.366 e. The summed E-state index contributed by atoms with van der Waals surface area (Å²) < 4.78 is 0. The highest BCUT2D eigenvalue weighted by Gasteiger charge is 2.43. The zero-order valence-corrected chi connectivity index (χ0v) is 14.5. The molecule has 1 fully saturated rings. The number of para-hydroxylation sites is 2. The van der Waals surface area contributed by atoms with E-state index in [0.717, 1.165) is 44.6 Å². The van der Waals surface area contributed by atoms with E-state index in [1.165, 1.54) is 11.1 Å². The number of piperidine rings is 1. The Bertz CT molecular complexity index is 797. The van der Waals surface area contributed by atoms with Crippen LogP contribution >= 0.6 is 0 Å². The predicted octanol–water partition coefficient (Wildman–Crippen LogP) is 3.58. The highest BCUT2D eigenvalue weighted by molar-refractivity contribution is 5.63. The molecular weight excluding hydrogens is 314 g/mol. The van der Waals surface area contributed by atoms with Gasteiger partial charge in [0.05, 0.1) is 4.92 Å². The Kier molecular flexibility index (Phi) is 3.96. The summed E-state index contributed by atoms with van der Waals surface area (Å²) in [5.41, 5.74) is 3.92. The van der Waals surface area contributed by atoms with Crippen molar-refractivity contribution in [2.45, 2.75) is 24.8 Å². The number of hydrogen-bond acceptors (Lipinski definition) is 4. The molecule has 0 bridgehead atoms. The zero-order chi connectivity index (χ0) is 17.4. The second-order valence-corrected chi connectivity index (χ2v) is 7.09. The molecule has 2 aromatic rings. The number of benzene rings is 2. The first-order valence-corrected chi connectivity index (χ1v) is 8.90. The lowest BCUT2D eigenvalue weighted by molar-refractivity contribution is -0.384. The summed E-state index contributed by atoms with van der Waals surface area (Å²) in [6, 6.07) is 15.9. The maximum atomic E-state index is 11.3. The molecule has 0 atom stereocenters. The molecule has 0 unspecified atom stereocenters. The van der Waals surface area contributed by atoms with E-state index in [0.29, 0.717) is 0 Å². The van der Waals surface area contributed by atoms with E-state index < -0.39 is 0 Å². The van der Waals surface area contributed by atoms with Crippen LogP contribution in [0, 0.1) is 10.1 Å². The lowest BCUT2D eigenvalue weighted by atomic mass is 9.74. The molecule has 1 saturated heterocycles. The molecule has 0 radical (unpaired) electrons. The Labute approximate surface area is 148 Å². The molecule has 130 valence electrons. The van der Waals surface area contributed by atoms with Crippen molar-refractivity contribution in [3.8, 4) is 0 Å². The normalized spacial score (nSPS) is 19.6. The molecule has 0 aromatic heterocycles. The minimum absolute atomic E-state index is 0.0644. The van der Waals surface area contributed by atoms with Crippen molar-refractivity contribution in [3.63, 3.8) is 0 Å². The molecule has 2 heterocycles. The van der Waals surface area contributed by atoms with E-state index in [2.05, 4.69) is 41.1 Å². The standard InChI is InChI=1S/C20H23N3O2/c1-21-13-10-16-6-2-3-7-17(16)20(21)11-14-22(15-12-20)18-8-4-5-9-19(18)23(24)25/h2-9H,10-15H2,1H3. The van der Waals surface area contributed by atoms with E-state index in [4.69, 9.17) is 0 Å². The molecule has 2 aliphatic rings. The fourth-order valence-corrected chi connectivity index (χ4v) is 4.55. The lowest BCUT2D eigenvalue weighted by Crippen LogP contribution is -2.54. The second-order valence-electron chi connectivity index (χ2n) is 7.09. The van der Waals surface area contributed by atoms with E-state index >= 15 is 0 Å². The van der Waals surface area contributed by atoms with Gasteiger partial charge in [-0.2, -0.15) is 0 Å². The first-order chi connectivity index (χ1) is 12.1. The van der Waals surface area contributed by atoms with Crippen LogP contribution in [0.5, 0.6) is 0 Å². The fraction of sp³-hybridized carbons (Fsp3) is 0.400. The molecule has 2 aliphatic heterocycles. The van der Waals surface area contributed by atoms with Crippen molar-refractivity contribution in [2.75, 3.05) is 31.6 Å². The topological polar surface area (TPSA) is 49.6 Å². The van der Waals surface area contributed by atoms with Crippen molar-refractivity contribution in [2.24, 2.45) is 0 Å². The molecule has 5 heteroatoms. The van der Waals surface area contributed by atoms with Gasteiger partial charge in [0.15, 0.2) is 0 Å². The third kappa shape index (κ3) is 2.59. The number of hydrogen-bond donors (Lipinski definition) is 0. The average Bonchev–Trinajstić information content (AvgIpc) is 2.66. The maximum Gasteiger partial charge on any atom is 0.292 e. The third-order valence-corrected chi connectivity index (χ3v) is 5.98. The molecule has 0 N–H and O–H groups in total. The van der Waals surface area contributed by atoms with Gasteiger partial charge in [-0.25, -0.2) is 0 Å². The van der Waals surface area contributed by atoms with Crippen LogP contribution < -0.4 is 4.90 Å². The highest BCUT2D eigenvalue weighted by Crippen LogP contribution is 2.44. The van der Waals surface area contributed by atoms with Gasteiger partial charge < -0.3 is 4.90 Å². The fourth-order valence-electron chi connectivity index (χ4n) is 4.55. The number of likely N-dealkylation sites (N-methyl/N-ethyl adjacent to an activating group) is 1. The lowest BCUT2D eigenvalue weighted by Gasteiger charge is -2.51. The molecule has 4 rings (SSSR count). The van der Waals surface area contributed by atoms with Gasteiger partial charge in [0.2, 0.25) is 0 Å². The quantitative estimate of drug-likeness (QED) is 0.621. The Morgan fingerprint density at radius 1 is 1.00 bits per heavy atom. The molecule has 0 amide bonds. The van der Waals surface area contributed by atoms with Crippen LogP contribution in [-0.4, -0.2) is 36.5 Å². The van der Waals surface area contributed by atoms with E-state index in [1.807, 2.05) is 12.1 Å². The predicted molar refractivity (Wildman–Crippen MR) is 99.0 cm³/mol. The van der Waals surface area contributed by atoms with Gasteiger partial charge in [-0.3, -0.25) is 15.0 Å². The van der Waals surface area contributed by atoms with Crippen LogP contribution in [0.2, 0.25) is 0 Å². The molecule has 0 aliphatic carbocycles. The Hall–Kier alpha value is -2.40. The summed E-state index contributed by atoms with van der Waals surface area (Å²) in [6.07, 6.45) is 3.08. The van der Waals surface area contributed by atoms with Crippen molar-refractivity contribution < 1.29 is 4.92 Å². The van der Waals surface area contributed by atoms with Crippen molar-refractivity contribution in [3.05, 3.63) is 69.8 Å². The van der Waals surface area contributed by atoms with Crippen LogP contribution in [-0.2, 0) is 12.0 Å². The smallest absolute Gasteiger partial charge is 0.292 e. The van der Waals surface area contributed by atoms with Gasteiger partial charge in [0.25, 0.3) is 5.69 Å². The molecule has 0 saturated carbocycles. The Morgan fingerprint density at radius 2 is 1.68 bits per heavy atom. The monoisotopic (exact) mass is 337 g/mol. The van der Waals surface area contributed by atoms with Crippen LogP contribution in [0.15, 0.2) is 48.5 Å². The van der Waals surface area contributed by atoms with Gasteiger partial charge in [0, 0.05) is 31.2 Å². The number of fused-ring (bicyclic) bond motifs is 2. The molecule has 2 aromatic carbocycles. The summed E-state index contributed by atoms with van der Waals surface area (Å²) in [4.78, 5) is 15.7. The van der Waals surface area contributed by atoms with Crippen molar-refractivity contribution in [1.82, 2.24) is 4.90 Å². The summed E-state index contributed by atoms with van der Waals surface area (Å²) in [5, 5.41) is 11.3. The van der Waals surface area contributed by atoms with Gasteiger partial charge in [0.1, 0.15) is 5.69 Å². The first-order valence-electron chi connectivity index (χ1n) is 8.90. The summed E-state index contributed by atoms with van der Waals surface area (Å²) in [6.45, 7) is 2.75. The number of nitro benzene ring substituents is 1. The minimum atomic E-state index is -0.276. The van der Waals surface area contributed by atoms with E-state index in [-0.39, 0.29) is 16.1 Å². The zero-order valence-electron chi connectivity index (χ0n) is 14.5. The SMILES string of the molecule is CN1CCc2ccccc2C12CCN(c1ccccc1[N+](=O)[O-])CC2. The van der Waals surface area contributed by atoms with Crippen molar-refractivity contribution in [1.29, 1.82) is 0 Å². The number of anilines is 1. The Balaban J connectivity index is 1.63. The molecule has 1 spiro atoms. The van der Waals surface area contributed by atoms with Crippen LogP contribution in [0.3, 0.4) is 0 Å². The molecule has 5 nitrogen and oxygen atoms in total. The largest absolute Gasteiger partial charge is 0.366 e.